The molecular weight excluding hydrogens is 316 g/mol. The lowest BCUT2D eigenvalue weighted by Gasteiger charge is -2.23. The third kappa shape index (κ3) is 4.89. The Bertz CT molecular complexity index is 736. The SMILES string of the molecule is COc1ccc(NCC(=O)Nc2ccccc2C(C)(C)C)cc1OC. The van der Waals surface area contributed by atoms with Gasteiger partial charge in [0.2, 0.25) is 5.91 Å². The average Bonchev–Trinajstić information content (AvgIpc) is 2.59. The maximum absolute atomic E-state index is 12.3. The van der Waals surface area contributed by atoms with Crippen LogP contribution in [0.3, 0.4) is 0 Å². The standard InChI is InChI=1S/C20H26N2O3/c1-20(2,3)15-8-6-7-9-16(15)22-19(23)13-21-14-10-11-17(24-4)18(12-14)25-5/h6-12,21H,13H2,1-5H3,(H,22,23). The fourth-order valence-electron chi connectivity index (χ4n) is 2.57. The van der Waals surface area contributed by atoms with Crippen molar-refractivity contribution in [2.45, 2.75) is 26.2 Å². The molecule has 2 aromatic carbocycles. The van der Waals surface area contributed by atoms with Gasteiger partial charge in [0.25, 0.3) is 0 Å². The van der Waals surface area contributed by atoms with Gasteiger partial charge < -0.3 is 20.1 Å². The average molecular weight is 342 g/mol. The molecule has 0 aliphatic rings. The minimum Gasteiger partial charge on any atom is -0.493 e. The van der Waals surface area contributed by atoms with E-state index in [0.29, 0.717) is 11.5 Å². The molecule has 0 heterocycles. The third-order valence-electron chi connectivity index (χ3n) is 3.85. The van der Waals surface area contributed by atoms with Crippen LogP contribution in [0.1, 0.15) is 26.3 Å². The summed E-state index contributed by atoms with van der Waals surface area (Å²) >= 11 is 0. The first-order valence-corrected chi connectivity index (χ1v) is 8.20. The van der Waals surface area contributed by atoms with Crippen LogP contribution in [0.5, 0.6) is 11.5 Å². The van der Waals surface area contributed by atoms with Crippen molar-refractivity contribution in [3.63, 3.8) is 0 Å². The van der Waals surface area contributed by atoms with E-state index in [0.717, 1.165) is 16.9 Å². The van der Waals surface area contributed by atoms with Gasteiger partial charge in [0.15, 0.2) is 11.5 Å². The number of carbonyl (C=O) groups is 1. The molecule has 2 rings (SSSR count). The van der Waals surface area contributed by atoms with Crippen LogP contribution in [0.4, 0.5) is 11.4 Å². The lowest BCUT2D eigenvalue weighted by Crippen LogP contribution is -2.24. The molecule has 2 N–H and O–H groups in total. The minimum absolute atomic E-state index is 0.0410. The molecule has 0 aliphatic heterocycles. The largest absolute Gasteiger partial charge is 0.493 e. The highest BCUT2D eigenvalue weighted by molar-refractivity contribution is 5.94. The summed E-state index contributed by atoms with van der Waals surface area (Å²) < 4.78 is 10.5. The van der Waals surface area contributed by atoms with Gasteiger partial charge >= 0.3 is 0 Å². The molecule has 25 heavy (non-hydrogen) atoms. The third-order valence-corrected chi connectivity index (χ3v) is 3.85. The molecule has 0 bridgehead atoms. The van der Waals surface area contributed by atoms with Gasteiger partial charge in [-0.2, -0.15) is 0 Å². The number of amides is 1. The maximum atomic E-state index is 12.3. The number of hydrogen-bond acceptors (Lipinski definition) is 4. The number of anilines is 2. The Morgan fingerprint density at radius 2 is 1.68 bits per heavy atom. The molecule has 2 aromatic rings. The van der Waals surface area contributed by atoms with Crippen molar-refractivity contribution in [2.75, 3.05) is 31.4 Å². The van der Waals surface area contributed by atoms with Crippen molar-refractivity contribution >= 4 is 17.3 Å². The number of benzene rings is 2. The highest BCUT2D eigenvalue weighted by Crippen LogP contribution is 2.30. The minimum atomic E-state index is -0.105. The Hall–Kier alpha value is -2.69. The van der Waals surface area contributed by atoms with Crippen LogP contribution >= 0.6 is 0 Å². The second-order valence-corrected chi connectivity index (χ2v) is 6.77. The molecule has 0 aromatic heterocycles. The first kappa shape index (κ1) is 18.6. The monoisotopic (exact) mass is 342 g/mol. The molecule has 5 nitrogen and oxygen atoms in total. The van der Waals surface area contributed by atoms with E-state index in [1.165, 1.54) is 0 Å². The number of para-hydroxylation sites is 1. The van der Waals surface area contributed by atoms with Crippen LogP contribution in [0.15, 0.2) is 42.5 Å². The predicted molar refractivity (Wildman–Crippen MR) is 102 cm³/mol. The van der Waals surface area contributed by atoms with Crippen molar-refractivity contribution < 1.29 is 14.3 Å². The molecule has 0 radical (unpaired) electrons. The molecule has 0 saturated heterocycles. The van der Waals surface area contributed by atoms with Crippen LogP contribution in [0, 0.1) is 0 Å². The Morgan fingerprint density at radius 1 is 1.00 bits per heavy atom. The molecule has 5 heteroatoms. The van der Waals surface area contributed by atoms with Crippen molar-refractivity contribution in [3.05, 3.63) is 48.0 Å². The molecular formula is C20H26N2O3. The fraction of sp³-hybridized carbons (Fsp3) is 0.350. The van der Waals surface area contributed by atoms with Crippen molar-refractivity contribution in [3.8, 4) is 11.5 Å². The zero-order valence-corrected chi connectivity index (χ0v) is 15.5. The molecule has 1 amide bonds. The molecule has 0 aliphatic carbocycles. The van der Waals surface area contributed by atoms with E-state index in [9.17, 15) is 4.79 Å². The zero-order chi connectivity index (χ0) is 18.4. The summed E-state index contributed by atoms with van der Waals surface area (Å²) in [5.41, 5.74) is 2.70. The summed E-state index contributed by atoms with van der Waals surface area (Å²) in [6, 6.07) is 13.3. The topological polar surface area (TPSA) is 59.6 Å². The summed E-state index contributed by atoms with van der Waals surface area (Å²) in [5, 5.41) is 6.08. The van der Waals surface area contributed by atoms with Crippen LogP contribution in [-0.2, 0) is 10.2 Å². The van der Waals surface area contributed by atoms with Crippen molar-refractivity contribution in [1.82, 2.24) is 0 Å². The second-order valence-electron chi connectivity index (χ2n) is 6.77. The molecule has 0 unspecified atom stereocenters. The number of methoxy groups -OCH3 is 2. The van der Waals surface area contributed by atoms with E-state index in [-0.39, 0.29) is 17.9 Å². The molecule has 0 spiro atoms. The Labute approximate surface area is 149 Å². The molecule has 134 valence electrons. The fourth-order valence-corrected chi connectivity index (χ4v) is 2.57. The number of ether oxygens (including phenoxy) is 2. The first-order chi connectivity index (χ1) is 11.8. The number of carbonyl (C=O) groups excluding carboxylic acids is 1. The normalized spacial score (nSPS) is 10.9. The highest BCUT2D eigenvalue weighted by atomic mass is 16.5. The first-order valence-electron chi connectivity index (χ1n) is 8.20. The van der Waals surface area contributed by atoms with Gasteiger partial charge in [0.05, 0.1) is 20.8 Å². The maximum Gasteiger partial charge on any atom is 0.243 e. The van der Waals surface area contributed by atoms with Crippen LogP contribution in [-0.4, -0.2) is 26.7 Å². The van der Waals surface area contributed by atoms with Crippen LogP contribution in [0.25, 0.3) is 0 Å². The number of hydrogen-bond donors (Lipinski definition) is 2. The van der Waals surface area contributed by atoms with E-state index in [1.54, 1.807) is 26.4 Å². The van der Waals surface area contributed by atoms with E-state index in [4.69, 9.17) is 9.47 Å². The van der Waals surface area contributed by atoms with E-state index >= 15 is 0 Å². The molecule has 0 fully saturated rings. The lowest BCUT2D eigenvalue weighted by molar-refractivity contribution is -0.114. The number of rotatable bonds is 6. The molecule has 0 atom stereocenters. The van der Waals surface area contributed by atoms with E-state index < -0.39 is 0 Å². The molecule has 0 saturated carbocycles. The smallest absolute Gasteiger partial charge is 0.243 e. The zero-order valence-electron chi connectivity index (χ0n) is 15.5. The van der Waals surface area contributed by atoms with Gasteiger partial charge in [0.1, 0.15) is 0 Å². The van der Waals surface area contributed by atoms with Gasteiger partial charge in [-0.15, -0.1) is 0 Å². The highest BCUT2D eigenvalue weighted by Gasteiger charge is 2.18. The number of nitrogens with one attached hydrogen (secondary N) is 2. The second kappa shape index (κ2) is 7.92. The summed E-state index contributed by atoms with van der Waals surface area (Å²) in [4.78, 5) is 12.3. The van der Waals surface area contributed by atoms with Gasteiger partial charge in [-0.1, -0.05) is 39.0 Å². The van der Waals surface area contributed by atoms with E-state index in [2.05, 4.69) is 31.4 Å². The Morgan fingerprint density at radius 3 is 2.32 bits per heavy atom. The van der Waals surface area contributed by atoms with E-state index in [1.807, 2.05) is 30.3 Å². The van der Waals surface area contributed by atoms with Gasteiger partial charge in [-0.3, -0.25) is 4.79 Å². The lowest BCUT2D eigenvalue weighted by atomic mass is 9.86. The Balaban J connectivity index is 2.03. The summed E-state index contributed by atoms with van der Waals surface area (Å²) in [6.45, 7) is 6.54. The van der Waals surface area contributed by atoms with Crippen LogP contribution in [0.2, 0.25) is 0 Å². The van der Waals surface area contributed by atoms with Gasteiger partial charge in [-0.05, 0) is 29.2 Å². The van der Waals surface area contributed by atoms with Crippen molar-refractivity contribution in [1.29, 1.82) is 0 Å². The summed E-state index contributed by atoms with van der Waals surface area (Å²) in [6.07, 6.45) is 0. The van der Waals surface area contributed by atoms with Gasteiger partial charge in [-0.25, -0.2) is 0 Å². The summed E-state index contributed by atoms with van der Waals surface area (Å²) in [5.74, 6) is 1.16. The van der Waals surface area contributed by atoms with Crippen LogP contribution < -0.4 is 20.1 Å². The van der Waals surface area contributed by atoms with Crippen molar-refractivity contribution in [2.24, 2.45) is 0 Å². The summed E-state index contributed by atoms with van der Waals surface area (Å²) in [7, 11) is 3.17. The predicted octanol–water partition coefficient (Wildman–Crippen LogP) is 4.05. The Kier molecular flexibility index (Phi) is 5.91. The quantitative estimate of drug-likeness (QED) is 0.831. The van der Waals surface area contributed by atoms with Gasteiger partial charge in [0, 0.05) is 17.4 Å².